The first kappa shape index (κ1) is 11.5. The summed E-state index contributed by atoms with van der Waals surface area (Å²) in [7, 11) is 0. The Morgan fingerprint density at radius 1 is 1.80 bits per heavy atom. The number of hydrogen-bond acceptors (Lipinski definition) is 3. The number of ether oxygens (including phenoxy) is 1. The van der Waals surface area contributed by atoms with Gasteiger partial charge < -0.3 is 10.5 Å². The van der Waals surface area contributed by atoms with E-state index >= 15 is 0 Å². The zero-order chi connectivity index (χ0) is 11.3. The number of aliphatic imine (C=N–C) groups is 1. The van der Waals surface area contributed by atoms with Crippen molar-refractivity contribution >= 4 is 5.84 Å². The molecular weight excluding hydrogens is 195 g/mol. The van der Waals surface area contributed by atoms with Crippen LogP contribution < -0.4 is 5.73 Å². The zero-order valence-electron chi connectivity index (χ0n) is 8.74. The van der Waals surface area contributed by atoms with E-state index < -0.39 is 5.83 Å². The molecule has 1 atom stereocenters. The second kappa shape index (κ2) is 5.34. The van der Waals surface area contributed by atoms with Crippen molar-refractivity contribution in [3.63, 3.8) is 0 Å². The van der Waals surface area contributed by atoms with E-state index in [9.17, 15) is 4.39 Å². The molecule has 0 fully saturated rings. The van der Waals surface area contributed by atoms with Crippen molar-refractivity contribution in [2.24, 2.45) is 16.6 Å². The molecule has 0 radical (unpaired) electrons. The molecule has 1 heterocycles. The van der Waals surface area contributed by atoms with Gasteiger partial charge in [0.2, 0.25) is 0 Å². The van der Waals surface area contributed by atoms with Crippen LogP contribution in [0.25, 0.3) is 0 Å². The van der Waals surface area contributed by atoms with Gasteiger partial charge in [-0.2, -0.15) is 0 Å². The fraction of sp³-hybridized carbons (Fsp3) is 0.364. The first-order valence-electron chi connectivity index (χ1n) is 4.74. The Morgan fingerprint density at radius 3 is 3.20 bits per heavy atom. The van der Waals surface area contributed by atoms with Crippen molar-refractivity contribution in [2.45, 2.75) is 13.3 Å². The molecule has 0 saturated heterocycles. The number of hydrogen-bond donors (Lipinski definition) is 1. The first-order chi connectivity index (χ1) is 7.09. The van der Waals surface area contributed by atoms with Gasteiger partial charge >= 0.3 is 0 Å². The third-order valence-electron chi connectivity index (χ3n) is 1.98. The highest BCUT2D eigenvalue weighted by Gasteiger charge is 2.05. The van der Waals surface area contributed by atoms with E-state index in [1.165, 1.54) is 6.20 Å². The molecule has 1 aliphatic rings. The van der Waals surface area contributed by atoms with E-state index in [4.69, 9.17) is 10.5 Å². The minimum Gasteiger partial charge on any atom is -0.489 e. The van der Waals surface area contributed by atoms with Crippen molar-refractivity contribution in [3.05, 3.63) is 36.5 Å². The zero-order valence-corrected chi connectivity index (χ0v) is 8.74. The van der Waals surface area contributed by atoms with Crippen LogP contribution in [0.5, 0.6) is 0 Å². The number of amidine groups is 1. The highest BCUT2D eigenvalue weighted by Crippen LogP contribution is 2.12. The third-order valence-corrected chi connectivity index (χ3v) is 1.98. The summed E-state index contributed by atoms with van der Waals surface area (Å²) < 4.78 is 17.5. The second-order valence-electron chi connectivity index (χ2n) is 3.38. The summed E-state index contributed by atoms with van der Waals surface area (Å²) in [6, 6.07) is 0. The Kier molecular flexibility index (Phi) is 4.09. The van der Waals surface area contributed by atoms with Crippen LogP contribution in [-0.2, 0) is 4.74 Å². The van der Waals surface area contributed by atoms with Crippen LogP contribution in [0.2, 0.25) is 0 Å². The first-order valence-corrected chi connectivity index (χ1v) is 4.74. The SMILES string of the molecule is C=C(F)COC1=CN=C(N)C(C)/C=C/C1. The molecule has 2 N–H and O–H groups in total. The summed E-state index contributed by atoms with van der Waals surface area (Å²) in [5, 5.41) is 0. The quantitative estimate of drug-likeness (QED) is 0.726. The molecule has 0 aromatic carbocycles. The van der Waals surface area contributed by atoms with Gasteiger partial charge in [-0.1, -0.05) is 25.7 Å². The maximum atomic E-state index is 12.4. The Labute approximate surface area is 88.8 Å². The summed E-state index contributed by atoms with van der Waals surface area (Å²) in [5.74, 6) is 0.720. The average Bonchev–Trinajstić information content (AvgIpc) is 2.18. The van der Waals surface area contributed by atoms with Crippen LogP contribution in [0.1, 0.15) is 13.3 Å². The number of halogens is 1. The van der Waals surface area contributed by atoms with Crippen molar-refractivity contribution in [1.29, 1.82) is 0 Å². The van der Waals surface area contributed by atoms with Gasteiger partial charge in [-0.3, -0.25) is 0 Å². The highest BCUT2D eigenvalue weighted by molar-refractivity contribution is 5.84. The van der Waals surface area contributed by atoms with Crippen LogP contribution in [-0.4, -0.2) is 12.4 Å². The summed E-state index contributed by atoms with van der Waals surface area (Å²) in [5.41, 5.74) is 5.67. The largest absolute Gasteiger partial charge is 0.489 e. The minimum atomic E-state index is -0.507. The molecule has 1 unspecified atom stereocenters. The molecule has 0 bridgehead atoms. The van der Waals surface area contributed by atoms with E-state index in [1.807, 2.05) is 19.1 Å². The van der Waals surface area contributed by atoms with Gasteiger partial charge in [0.15, 0.2) is 0 Å². The highest BCUT2D eigenvalue weighted by atomic mass is 19.1. The minimum absolute atomic E-state index is 0.124. The smallest absolute Gasteiger partial charge is 0.139 e. The normalized spacial score (nSPS) is 23.2. The number of rotatable bonds is 3. The lowest BCUT2D eigenvalue weighted by molar-refractivity contribution is 0.214. The summed E-state index contributed by atoms with van der Waals surface area (Å²) in [6.07, 6.45) is 5.99. The summed E-state index contributed by atoms with van der Waals surface area (Å²) in [6.45, 7) is 4.93. The predicted octanol–water partition coefficient (Wildman–Crippen LogP) is 2.28. The Bertz CT molecular complexity index is 331. The van der Waals surface area contributed by atoms with Crippen LogP contribution >= 0.6 is 0 Å². The van der Waals surface area contributed by atoms with Crippen LogP contribution in [0.15, 0.2) is 41.5 Å². The summed E-state index contributed by atoms with van der Waals surface area (Å²) in [4.78, 5) is 4.03. The van der Waals surface area contributed by atoms with Crippen molar-refractivity contribution in [1.82, 2.24) is 0 Å². The van der Waals surface area contributed by atoms with E-state index in [2.05, 4.69) is 11.6 Å². The third kappa shape index (κ3) is 3.97. The van der Waals surface area contributed by atoms with Gasteiger partial charge in [0.25, 0.3) is 0 Å². The molecule has 4 heteroatoms. The molecule has 0 aromatic heterocycles. The molecule has 1 rings (SSSR count). The topological polar surface area (TPSA) is 47.6 Å². The molecule has 0 amide bonds. The van der Waals surface area contributed by atoms with Crippen molar-refractivity contribution in [3.8, 4) is 0 Å². The second-order valence-corrected chi connectivity index (χ2v) is 3.38. The number of nitrogens with zero attached hydrogens (tertiary/aromatic N) is 1. The van der Waals surface area contributed by atoms with E-state index in [0.717, 1.165) is 0 Å². The van der Waals surface area contributed by atoms with Gasteiger partial charge in [0.05, 0.1) is 6.20 Å². The lowest BCUT2D eigenvalue weighted by Gasteiger charge is -2.10. The van der Waals surface area contributed by atoms with E-state index in [0.29, 0.717) is 18.0 Å². The molecule has 0 aliphatic carbocycles. The molecular formula is C11H15FN2O. The summed E-state index contributed by atoms with van der Waals surface area (Å²) >= 11 is 0. The lowest BCUT2D eigenvalue weighted by atomic mass is 10.1. The standard InChI is InChI=1S/C11H15FN2O/c1-8-4-3-5-10(6-14-11(8)13)15-7-9(2)12/h3-4,6,8H,2,5,7H2,1H3,(H2,13,14)/b4-3+,10-6?. The van der Waals surface area contributed by atoms with Crippen molar-refractivity contribution in [2.75, 3.05) is 6.61 Å². The van der Waals surface area contributed by atoms with Gasteiger partial charge in [-0.25, -0.2) is 9.38 Å². The van der Waals surface area contributed by atoms with Crippen LogP contribution in [0.3, 0.4) is 0 Å². The maximum absolute atomic E-state index is 12.4. The molecule has 0 saturated carbocycles. The van der Waals surface area contributed by atoms with Crippen LogP contribution in [0.4, 0.5) is 4.39 Å². The maximum Gasteiger partial charge on any atom is 0.139 e. The van der Waals surface area contributed by atoms with E-state index in [1.54, 1.807) is 0 Å². The number of nitrogens with two attached hydrogens (primary N) is 1. The Hall–Kier alpha value is -1.58. The van der Waals surface area contributed by atoms with Gasteiger partial charge in [0, 0.05) is 12.3 Å². The van der Waals surface area contributed by atoms with Gasteiger partial charge in [-0.15, -0.1) is 0 Å². The fourth-order valence-corrected chi connectivity index (χ4v) is 1.07. The molecule has 0 spiro atoms. The molecule has 1 aliphatic heterocycles. The van der Waals surface area contributed by atoms with Crippen molar-refractivity contribution < 1.29 is 9.13 Å². The predicted molar refractivity (Wildman–Crippen MR) is 58.8 cm³/mol. The molecule has 3 nitrogen and oxygen atoms in total. The Balaban J connectivity index is 2.66. The fourth-order valence-electron chi connectivity index (χ4n) is 1.07. The molecule has 82 valence electrons. The average molecular weight is 210 g/mol. The lowest BCUT2D eigenvalue weighted by Crippen LogP contribution is -2.19. The molecule has 15 heavy (non-hydrogen) atoms. The van der Waals surface area contributed by atoms with E-state index in [-0.39, 0.29) is 12.5 Å². The number of allylic oxidation sites excluding steroid dienone is 1. The molecule has 0 aromatic rings. The van der Waals surface area contributed by atoms with Gasteiger partial charge in [-0.05, 0) is 0 Å². The van der Waals surface area contributed by atoms with Gasteiger partial charge in [0.1, 0.15) is 24.0 Å². The Morgan fingerprint density at radius 2 is 2.53 bits per heavy atom. The van der Waals surface area contributed by atoms with Crippen LogP contribution in [0, 0.1) is 5.92 Å². The monoisotopic (exact) mass is 210 g/mol.